The predicted molar refractivity (Wildman–Crippen MR) is 131 cm³/mol. The molecular weight excluding hydrogens is 504 g/mol. The van der Waals surface area contributed by atoms with Gasteiger partial charge in [-0.1, -0.05) is 62.2 Å². The highest BCUT2D eigenvalue weighted by Gasteiger charge is 2.17. The minimum atomic E-state index is -0.151. The van der Waals surface area contributed by atoms with Crippen LogP contribution in [0.2, 0.25) is 0 Å². The topological polar surface area (TPSA) is 42.0 Å². The quantitative estimate of drug-likeness (QED) is 0.300. The van der Waals surface area contributed by atoms with Crippen molar-refractivity contribution in [1.82, 2.24) is 4.98 Å². The van der Waals surface area contributed by atoms with Crippen LogP contribution >= 0.6 is 31.9 Å². The van der Waals surface area contributed by atoms with Crippen LogP contribution < -0.4 is 5.32 Å². The average molecular weight is 524 g/mol. The summed E-state index contributed by atoms with van der Waals surface area (Å²) in [5.74, 6) is -0.151. The van der Waals surface area contributed by atoms with Crippen LogP contribution in [0.1, 0.15) is 27.0 Å². The van der Waals surface area contributed by atoms with Gasteiger partial charge >= 0.3 is 0 Å². The van der Waals surface area contributed by atoms with E-state index in [1.807, 2.05) is 81.4 Å². The third kappa shape index (κ3) is 3.92. The molecular formula is C25H20Br2N2O. The van der Waals surface area contributed by atoms with Gasteiger partial charge in [-0.3, -0.25) is 4.79 Å². The second-order valence-corrected chi connectivity index (χ2v) is 9.11. The highest BCUT2D eigenvalue weighted by atomic mass is 79.9. The summed E-state index contributed by atoms with van der Waals surface area (Å²) in [4.78, 5) is 18.3. The molecule has 1 aromatic heterocycles. The van der Waals surface area contributed by atoms with Crippen LogP contribution in [-0.2, 0) is 0 Å². The van der Waals surface area contributed by atoms with Crippen molar-refractivity contribution in [1.29, 1.82) is 0 Å². The van der Waals surface area contributed by atoms with E-state index in [0.717, 1.165) is 53.5 Å². The molecule has 0 aliphatic carbocycles. The van der Waals surface area contributed by atoms with Crippen LogP contribution in [0.5, 0.6) is 0 Å². The second kappa shape index (κ2) is 8.32. The van der Waals surface area contributed by atoms with Crippen molar-refractivity contribution in [3.05, 3.63) is 91.9 Å². The Morgan fingerprint density at radius 1 is 0.900 bits per heavy atom. The molecule has 0 atom stereocenters. The molecule has 1 N–H and O–H groups in total. The molecule has 0 bridgehead atoms. The maximum absolute atomic E-state index is 13.4. The number of aromatic nitrogens is 1. The number of amides is 1. The van der Waals surface area contributed by atoms with Crippen LogP contribution in [0.3, 0.4) is 0 Å². The van der Waals surface area contributed by atoms with Gasteiger partial charge in [0.2, 0.25) is 0 Å². The van der Waals surface area contributed by atoms with Crippen LogP contribution in [0, 0.1) is 20.8 Å². The molecule has 3 aromatic carbocycles. The van der Waals surface area contributed by atoms with Gasteiger partial charge in [0, 0.05) is 25.6 Å². The molecule has 1 amide bonds. The Labute approximate surface area is 192 Å². The van der Waals surface area contributed by atoms with Gasteiger partial charge in [-0.25, -0.2) is 4.98 Å². The molecule has 0 saturated carbocycles. The van der Waals surface area contributed by atoms with Gasteiger partial charge < -0.3 is 5.32 Å². The number of nitrogens with one attached hydrogen (secondary N) is 1. The summed E-state index contributed by atoms with van der Waals surface area (Å²) in [6, 6.07) is 19.7. The van der Waals surface area contributed by atoms with Gasteiger partial charge in [-0.15, -0.1) is 0 Å². The lowest BCUT2D eigenvalue weighted by atomic mass is 10.0. The maximum atomic E-state index is 13.4. The van der Waals surface area contributed by atoms with E-state index in [2.05, 4.69) is 37.2 Å². The number of benzene rings is 3. The van der Waals surface area contributed by atoms with Crippen LogP contribution in [0.15, 0.2) is 69.6 Å². The fraction of sp³-hybridized carbons (Fsp3) is 0.120. The molecule has 1 heterocycles. The first-order chi connectivity index (χ1) is 14.3. The summed E-state index contributed by atoms with van der Waals surface area (Å²) >= 11 is 7.11. The Morgan fingerprint density at radius 2 is 1.63 bits per heavy atom. The van der Waals surface area contributed by atoms with E-state index in [1.165, 1.54) is 0 Å². The SMILES string of the molecule is Cc1c(Br)ccc(NC(=O)c2cc(-c3ccccc3)nc3c(C)cc(Br)cc23)c1C. The fourth-order valence-corrected chi connectivity index (χ4v) is 4.52. The summed E-state index contributed by atoms with van der Waals surface area (Å²) in [6.07, 6.45) is 0. The molecule has 0 spiro atoms. The number of carbonyl (C=O) groups is 1. The highest BCUT2D eigenvalue weighted by Crippen LogP contribution is 2.31. The largest absolute Gasteiger partial charge is 0.322 e. The van der Waals surface area contributed by atoms with Crippen LogP contribution in [0.25, 0.3) is 22.2 Å². The third-order valence-corrected chi connectivity index (χ3v) is 6.67. The molecule has 150 valence electrons. The van der Waals surface area contributed by atoms with Crippen LogP contribution in [-0.4, -0.2) is 10.9 Å². The molecule has 30 heavy (non-hydrogen) atoms. The van der Waals surface area contributed by atoms with Crippen molar-refractivity contribution in [2.45, 2.75) is 20.8 Å². The van der Waals surface area contributed by atoms with Crippen molar-refractivity contribution < 1.29 is 4.79 Å². The lowest BCUT2D eigenvalue weighted by Gasteiger charge is -2.15. The monoisotopic (exact) mass is 522 g/mol. The molecule has 0 radical (unpaired) electrons. The first kappa shape index (κ1) is 20.8. The normalized spacial score (nSPS) is 11.0. The summed E-state index contributed by atoms with van der Waals surface area (Å²) in [7, 11) is 0. The molecule has 0 unspecified atom stereocenters. The lowest BCUT2D eigenvalue weighted by molar-refractivity contribution is 0.102. The Hall–Kier alpha value is -2.50. The fourth-order valence-electron chi connectivity index (χ4n) is 3.51. The molecule has 0 fully saturated rings. The standard InChI is InChI=1S/C25H20Br2N2O/c1-14-11-18(26)12-19-20(13-23(28-24(14)19)17-7-5-4-6-8-17)25(30)29-22-10-9-21(27)15(2)16(22)3/h4-13H,1-3H3,(H,29,30). The first-order valence-electron chi connectivity index (χ1n) is 9.58. The van der Waals surface area contributed by atoms with Gasteiger partial charge in [-0.2, -0.15) is 0 Å². The summed E-state index contributed by atoms with van der Waals surface area (Å²) < 4.78 is 1.95. The zero-order valence-electron chi connectivity index (χ0n) is 16.9. The molecule has 0 aliphatic heterocycles. The minimum Gasteiger partial charge on any atom is -0.322 e. The van der Waals surface area contributed by atoms with E-state index in [4.69, 9.17) is 4.98 Å². The number of anilines is 1. The lowest BCUT2D eigenvalue weighted by Crippen LogP contribution is -2.14. The van der Waals surface area contributed by atoms with E-state index >= 15 is 0 Å². The van der Waals surface area contributed by atoms with E-state index in [-0.39, 0.29) is 5.91 Å². The molecule has 4 rings (SSSR count). The molecule has 5 heteroatoms. The second-order valence-electron chi connectivity index (χ2n) is 7.34. The summed E-state index contributed by atoms with van der Waals surface area (Å²) in [5, 5.41) is 3.93. The van der Waals surface area contributed by atoms with Gasteiger partial charge in [0.15, 0.2) is 0 Å². The van der Waals surface area contributed by atoms with Gasteiger partial charge in [0.05, 0.1) is 16.8 Å². The van der Waals surface area contributed by atoms with Gasteiger partial charge in [0.1, 0.15) is 0 Å². The van der Waals surface area contributed by atoms with Crippen LogP contribution in [0.4, 0.5) is 5.69 Å². The Kier molecular flexibility index (Phi) is 5.76. The Morgan fingerprint density at radius 3 is 2.37 bits per heavy atom. The molecule has 4 aromatic rings. The van der Waals surface area contributed by atoms with Crippen molar-refractivity contribution >= 4 is 54.4 Å². The minimum absolute atomic E-state index is 0.151. The summed E-state index contributed by atoms with van der Waals surface area (Å²) in [5.41, 5.74) is 7.15. The van der Waals surface area contributed by atoms with Crippen molar-refractivity contribution in [3.63, 3.8) is 0 Å². The van der Waals surface area contributed by atoms with E-state index < -0.39 is 0 Å². The Balaban J connectivity index is 1.88. The van der Waals surface area contributed by atoms with Crippen molar-refractivity contribution in [3.8, 4) is 11.3 Å². The zero-order valence-corrected chi connectivity index (χ0v) is 20.1. The molecule has 0 aliphatic rings. The number of hydrogen-bond acceptors (Lipinski definition) is 2. The van der Waals surface area contributed by atoms with E-state index in [0.29, 0.717) is 5.56 Å². The zero-order chi connectivity index (χ0) is 21.4. The predicted octanol–water partition coefficient (Wildman–Crippen LogP) is 7.60. The smallest absolute Gasteiger partial charge is 0.256 e. The third-order valence-electron chi connectivity index (χ3n) is 5.35. The number of fused-ring (bicyclic) bond motifs is 1. The van der Waals surface area contributed by atoms with Gasteiger partial charge in [0.25, 0.3) is 5.91 Å². The van der Waals surface area contributed by atoms with Crippen molar-refractivity contribution in [2.24, 2.45) is 0 Å². The highest BCUT2D eigenvalue weighted by molar-refractivity contribution is 9.10. The van der Waals surface area contributed by atoms with E-state index in [1.54, 1.807) is 0 Å². The Bertz CT molecular complexity index is 1280. The first-order valence-corrected chi connectivity index (χ1v) is 11.2. The number of hydrogen-bond donors (Lipinski definition) is 1. The number of carbonyl (C=O) groups excluding carboxylic acids is 1. The van der Waals surface area contributed by atoms with Crippen molar-refractivity contribution in [2.75, 3.05) is 5.32 Å². The maximum Gasteiger partial charge on any atom is 0.256 e. The number of rotatable bonds is 3. The summed E-state index contributed by atoms with van der Waals surface area (Å²) in [6.45, 7) is 6.06. The number of nitrogens with zero attached hydrogens (tertiary/aromatic N) is 1. The number of aryl methyl sites for hydroxylation is 1. The number of pyridine rings is 1. The molecule has 3 nitrogen and oxygen atoms in total. The average Bonchev–Trinajstić information content (AvgIpc) is 2.74. The van der Waals surface area contributed by atoms with E-state index in [9.17, 15) is 4.79 Å². The molecule has 0 saturated heterocycles. The van der Waals surface area contributed by atoms with Gasteiger partial charge in [-0.05, 0) is 67.8 Å². The number of halogens is 2.